The van der Waals surface area contributed by atoms with Crippen LogP contribution in [-0.2, 0) is 28.6 Å². The van der Waals surface area contributed by atoms with Gasteiger partial charge in [-0.3, -0.25) is 14.4 Å². The number of rotatable bonds is 50. The van der Waals surface area contributed by atoms with Crippen molar-refractivity contribution in [2.45, 2.75) is 194 Å². The molecule has 0 bridgehead atoms. The Morgan fingerprint density at radius 3 is 0.797 bits per heavy atom. The van der Waals surface area contributed by atoms with Gasteiger partial charge in [-0.1, -0.05) is 252 Å². The Bertz CT molecular complexity index is 2060. The molecule has 1 atom stereocenters. The lowest BCUT2D eigenvalue weighted by atomic mass is 10.2. The smallest absolute Gasteiger partial charge is 0.310 e. The molecule has 0 heterocycles. The Balaban J connectivity index is 4.53. The van der Waals surface area contributed by atoms with E-state index in [2.05, 4.69) is 227 Å². The molecule has 6 heteroatoms. The van der Waals surface area contributed by atoms with Crippen molar-refractivity contribution in [3.63, 3.8) is 0 Å². The van der Waals surface area contributed by atoms with Crippen molar-refractivity contribution in [1.29, 1.82) is 0 Å². The first-order chi connectivity index (χ1) is 39.0. The number of carbonyl (C=O) groups excluding carboxylic acids is 3. The van der Waals surface area contributed by atoms with Crippen molar-refractivity contribution in [2.75, 3.05) is 13.2 Å². The van der Waals surface area contributed by atoms with Crippen molar-refractivity contribution in [3.8, 4) is 0 Å². The van der Waals surface area contributed by atoms with Crippen LogP contribution in [0.2, 0.25) is 0 Å². The highest BCUT2D eigenvalue weighted by atomic mass is 16.6. The lowest BCUT2D eigenvalue weighted by molar-refractivity contribution is -0.166. The van der Waals surface area contributed by atoms with E-state index in [-0.39, 0.29) is 38.4 Å². The van der Waals surface area contributed by atoms with Crippen LogP contribution in [0, 0.1) is 0 Å². The Labute approximate surface area is 482 Å². The minimum Gasteiger partial charge on any atom is -0.462 e. The maximum atomic E-state index is 12.8. The predicted octanol–water partition coefficient (Wildman–Crippen LogP) is 20.8. The van der Waals surface area contributed by atoms with Gasteiger partial charge >= 0.3 is 17.9 Å². The predicted molar refractivity (Wildman–Crippen MR) is 343 cm³/mol. The van der Waals surface area contributed by atoms with Gasteiger partial charge in [0.1, 0.15) is 13.2 Å². The van der Waals surface area contributed by atoms with Crippen molar-refractivity contribution in [3.05, 3.63) is 231 Å². The molecule has 0 rings (SSSR count). The highest BCUT2D eigenvalue weighted by Crippen LogP contribution is 2.08. The molecule has 0 amide bonds. The molecule has 0 fully saturated rings. The SMILES string of the molecule is CC/C=C\C/C=C\C/C=C\C/C=C\C/C=C\C/C=C\C/C=C\C/C=C\C/C=C\C/C=C\CCCCC(=O)OCC(COC(=O)CC/C=C\C/C=C\C/C=C\C/C=C\CC)OC(=O)C/C=C\C/C=C\C/C=C\C/C=C\C/C=C\CC. The standard InChI is InChI=1S/C73H104O6/c1-4-7-10-13-16-19-22-25-27-28-29-30-31-32-33-34-35-36-37-38-39-40-41-42-43-44-46-48-51-54-57-60-63-66-72(75)78-69-70(68-77-71(74)65-62-59-56-53-50-47-24-21-18-15-12-9-6-3)79-73(76)67-64-61-58-55-52-49-45-26-23-20-17-14-11-8-5-2/h7-12,16-21,25-27,29-30,32-33,35-36,38-39,41-42,44-47,50-52,54-56,59,61,64,70H,4-6,13-15,22-24,28,31,34,37,40,43,48-49,53,57-58,60,62-63,65-69H2,1-3H3/b10-7-,11-8-,12-9-,19-16-,20-17-,21-18-,27-25-,30-29-,33-32-,36-35-,39-38-,42-41-,45-26-,46-44-,50-47-,54-51-,55-52-,59-56-,64-61-. The van der Waals surface area contributed by atoms with Crippen LogP contribution in [0.1, 0.15) is 188 Å². The number of hydrogen-bond acceptors (Lipinski definition) is 6. The first kappa shape index (κ1) is 72.5. The zero-order valence-corrected chi connectivity index (χ0v) is 49.3. The summed E-state index contributed by atoms with van der Waals surface area (Å²) >= 11 is 0. The lowest BCUT2D eigenvalue weighted by Crippen LogP contribution is -2.30. The minimum atomic E-state index is -0.895. The largest absolute Gasteiger partial charge is 0.462 e. The normalized spacial score (nSPS) is 13.8. The van der Waals surface area contributed by atoms with Gasteiger partial charge in [-0.2, -0.15) is 0 Å². The highest BCUT2D eigenvalue weighted by molar-refractivity contribution is 5.72. The van der Waals surface area contributed by atoms with Gasteiger partial charge in [-0.25, -0.2) is 0 Å². The summed E-state index contributed by atoms with van der Waals surface area (Å²) in [5, 5.41) is 0. The number of unbranched alkanes of at least 4 members (excludes halogenated alkanes) is 2. The van der Waals surface area contributed by atoms with Crippen molar-refractivity contribution < 1.29 is 28.6 Å². The second-order valence-electron chi connectivity index (χ2n) is 18.4. The van der Waals surface area contributed by atoms with Crippen LogP contribution in [0.15, 0.2) is 231 Å². The fraction of sp³-hybridized carbons (Fsp3) is 0.438. The van der Waals surface area contributed by atoms with Crippen LogP contribution < -0.4 is 0 Å². The second kappa shape index (κ2) is 64.0. The number of esters is 3. The molecule has 1 unspecified atom stereocenters. The molecule has 0 aliphatic carbocycles. The van der Waals surface area contributed by atoms with E-state index in [1.807, 2.05) is 18.2 Å². The molecule has 0 aromatic carbocycles. The first-order valence-electron chi connectivity index (χ1n) is 29.9. The van der Waals surface area contributed by atoms with Gasteiger partial charge in [0.05, 0.1) is 6.42 Å². The van der Waals surface area contributed by atoms with Crippen molar-refractivity contribution >= 4 is 17.9 Å². The number of carbonyl (C=O) groups is 3. The number of hydrogen-bond donors (Lipinski definition) is 0. The Hall–Kier alpha value is -6.53. The summed E-state index contributed by atoms with van der Waals surface area (Å²) in [7, 11) is 0. The third kappa shape index (κ3) is 62.2. The van der Waals surface area contributed by atoms with Crippen LogP contribution >= 0.6 is 0 Å². The average molecular weight is 1080 g/mol. The summed E-state index contributed by atoms with van der Waals surface area (Å²) in [6, 6.07) is 0. The van der Waals surface area contributed by atoms with Gasteiger partial charge in [0.15, 0.2) is 6.10 Å². The average Bonchev–Trinajstić information content (AvgIpc) is 3.45. The monoisotopic (exact) mass is 1080 g/mol. The van der Waals surface area contributed by atoms with Gasteiger partial charge < -0.3 is 14.2 Å². The zero-order valence-electron chi connectivity index (χ0n) is 49.3. The molecular weight excluding hydrogens is 973 g/mol. The van der Waals surface area contributed by atoms with E-state index in [1.54, 1.807) is 6.08 Å². The Morgan fingerprint density at radius 2 is 0.506 bits per heavy atom. The van der Waals surface area contributed by atoms with Gasteiger partial charge in [-0.05, 0) is 148 Å². The van der Waals surface area contributed by atoms with Crippen LogP contribution in [0.25, 0.3) is 0 Å². The van der Waals surface area contributed by atoms with Crippen molar-refractivity contribution in [1.82, 2.24) is 0 Å². The number of ether oxygens (including phenoxy) is 3. The topological polar surface area (TPSA) is 78.9 Å². The molecule has 0 spiro atoms. The molecule has 0 aliphatic rings. The lowest BCUT2D eigenvalue weighted by Gasteiger charge is -2.18. The van der Waals surface area contributed by atoms with Gasteiger partial charge in [0, 0.05) is 12.8 Å². The van der Waals surface area contributed by atoms with E-state index in [1.165, 1.54) is 0 Å². The molecule has 0 aromatic heterocycles. The second-order valence-corrected chi connectivity index (χ2v) is 18.4. The van der Waals surface area contributed by atoms with E-state index < -0.39 is 18.0 Å². The van der Waals surface area contributed by atoms with E-state index in [9.17, 15) is 14.4 Å². The van der Waals surface area contributed by atoms with E-state index in [0.717, 1.165) is 128 Å². The summed E-state index contributed by atoms with van der Waals surface area (Å²) in [6.07, 6.45) is 102. The quantitative estimate of drug-likeness (QED) is 0.0261. The molecular formula is C73H104O6. The van der Waals surface area contributed by atoms with Gasteiger partial charge in [0.25, 0.3) is 0 Å². The summed E-state index contributed by atoms with van der Waals surface area (Å²) in [6.45, 7) is 6.06. The zero-order chi connectivity index (χ0) is 57.1. The van der Waals surface area contributed by atoms with Crippen LogP contribution in [0.5, 0.6) is 0 Å². The summed E-state index contributed by atoms with van der Waals surface area (Å²) in [4.78, 5) is 38.0. The Kier molecular flexibility index (Phi) is 58.7. The Morgan fingerprint density at radius 1 is 0.266 bits per heavy atom. The third-order valence-electron chi connectivity index (χ3n) is 11.2. The first-order valence-corrected chi connectivity index (χ1v) is 29.9. The van der Waals surface area contributed by atoms with E-state index >= 15 is 0 Å². The summed E-state index contributed by atoms with van der Waals surface area (Å²) in [5.74, 6) is -1.25. The molecule has 0 aliphatic heterocycles. The highest BCUT2D eigenvalue weighted by Gasteiger charge is 2.19. The molecule has 0 saturated carbocycles. The molecule has 0 saturated heterocycles. The fourth-order valence-corrected chi connectivity index (χ4v) is 6.85. The van der Waals surface area contributed by atoms with Gasteiger partial charge in [-0.15, -0.1) is 0 Å². The maximum absolute atomic E-state index is 12.8. The minimum absolute atomic E-state index is 0.0588. The molecule has 0 radical (unpaired) electrons. The maximum Gasteiger partial charge on any atom is 0.310 e. The molecule has 0 N–H and O–H groups in total. The van der Waals surface area contributed by atoms with Crippen LogP contribution in [0.4, 0.5) is 0 Å². The molecule has 432 valence electrons. The van der Waals surface area contributed by atoms with Crippen molar-refractivity contribution in [2.24, 2.45) is 0 Å². The van der Waals surface area contributed by atoms with Crippen LogP contribution in [0.3, 0.4) is 0 Å². The number of allylic oxidation sites excluding steroid dienone is 37. The third-order valence-corrected chi connectivity index (χ3v) is 11.2. The van der Waals surface area contributed by atoms with E-state index in [0.29, 0.717) is 19.3 Å². The van der Waals surface area contributed by atoms with Crippen LogP contribution in [-0.4, -0.2) is 37.2 Å². The molecule has 79 heavy (non-hydrogen) atoms. The molecule has 6 nitrogen and oxygen atoms in total. The van der Waals surface area contributed by atoms with E-state index in [4.69, 9.17) is 14.2 Å². The summed E-state index contributed by atoms with van der Waals surface area (Å²) < 4.78 is 16.6. The molecule has 0 aromatic rings. The van der Waals surface area contributed by atoms with Gasteiger partial charge in [0.2, 0.25) is 0 Å². The summed E-state index contributed by atoms with van der Waals surface area (Å²) in [5.41, 5.74) is 0. The fourth-order valence-electron chi connectivity index (χ4n) is 6.85.